The molecular weight excluding hydrogens is 552 g/mol. The van der Waals surface area contributed by atoms with Crippen LogP contribution in [0, 0.1) is 0 Å². The largest absolute Gasteiger partial charge is 0.456 e. The number of rotatable bonds is 2. The molecular formula is C41H26N2O2. The van der Waals surface area contributed by atoms with Gasteiger partial charge in [-0.3, -0.25) is 0 Å². The van der Waals surface area contributed by atoms with Crippen LogP contribution in [0.15, 0.2) is 130 Å². The van der Waals surface area contributed by atoms with Crippen LogP contribution >= 0.6 is 0 Å². The molecule has 1 aliphatic rings. The topological polar surface area (TPSA) is 52.1 Å². The van der Waals surface area contributed by atoms with Crippen molar-refractivity contribution in [2.75, 3.05) is 0 Å². The Hall–Kier alpha value is -5.74. The zero-order valence-electron chi connectivity index (χ0n) is 24.8. The molecule has 3 aromatic heterocycles. The number of nitrogens with zero attached hydrogens (tertiary/aromatic N) is 2. The Morgan fingerprint density at radius 2 is 1.22 bits per heavy atom. The Bertz CT molecular complexity index is 2690. The van der Waals surface area contributed by atoms with Gasteiger partial charge in [-0.05, 0) is 70.8 Å². The van der Waals surface area contributed by atoms with Crippen LogP contribution in [0.2, 0.25) is 0 Å². The van der Waals surface area contributed by atoms with Gasteiger partial charge in [0, 0.05) is 43.5 Å². The molecule has 1 aliphatic carbocycles. The molecule has 0 radical (unpaired) electrons. The number of para-hydroxylation sites is 2. The molecule has 0 unspecified atom stereocenters. The van der Waals surface area contributed by atoms with Crippen LogP contribution in [0.4, 0.5) is 0 Å². The summed E-state index contributed by atoms with van der Waals surface area (Å²) in [5.41, 5.74) is 12.3. The van der Waals surface area contributed by atoms with Crippen molar-refractivity contribution in [3.63, 3.8) is 0 Å². The molecule has 45 heavy (non-hydrogen) atoms. The van der Waals surface area contributed by atoms with Crippen molar-refractivity contribution in [2.24, 2.45) is 0 Å². The summed E-state index contributed by atoms with van der Waals surface area (Å²) in [6.45, 7) is 4.59. The minimum atomic E-state index is -0.0975. The van der Waals surface area contributed by atoms with Gasteiger partial charge in [0.25, 0.3) is 0 Å². The van der Waals surface area contributed by atoms with Gasteiger partial charge >= 0.3 is 0 Å². The zero-order chi connectivity index (χ0) is 29.9. The van der Waals surface area contributed by atoms with E-state index in [1.807, 2.05) is 48.5 Å². The molecule has 10 rings (SSSR count). The maximum absolute atomic E-state index is 6.55. The number of hydrogen-bond donors (Lipinski definition) is 0. The molecule has 3 heterocycles. The second kappa shape index (κ2) is 8.67. The van der Waals surface area contributed by atoms with Gasteiger partial charge in [0.1, 0.15) is 22.3 Å². The van der Waals surface area contributed by atoms with Crippen molar-refractivity contribution in [1.82, 2.24) is 9.97 Å². The van der Waals surface area contributed by atoms with Crippen LogP contribution in [-0.2, 0) is 5.41 Å². The predicted molar refractivity (Wildman–Crippen MR) is 183 cm³/mol. The molecule has 0 spiro atoms. The Kier molecular flexibility index (Phi) is 4.76. The van der Waals surface area contributed by atoms with E-state index in [9.17, 15) is 0 Å². The average Bonchev–Trinajstić information content (AvgIpc) is 3.71. The van der Waals surface area contributed by atoms with Gasteiger partial charge in [-0.15, -0.1) is 0 Å². The first-order valence-corrected chi connectivity index (χ1v) is 15.3. The summed E-state index contributed by atoms with van der Waals surface area (Å²) in [4.78, 5) is 10.4. The highest BCUT2D eigenvalue weighted by atomic mass is 16.3. The molecule has 212 valence electrons. The number of hydrogen-bond acceptors (Lipinski definition) is 4. The fraction of sp³-hybridized carbons (Fsp3) is 0.0732. The zero-order valence-corrected chi connectivity index (χ0v) is 24.8. The van der Waals surface area contributed by atoms with Crippen molar-refractivity contribution in [2.45, 2.75) is 19.3 Å². The first-order chi connectivity index (χ1) is 22.0. The van der Waals surface area contributed by atoms with E-state index in [2.05, 4.69) is 86.6 Å². The lowest BCUT2D eigenvalue weighted by Gasteiger charge is -2.21. The van der Waals surface area contributed by atoms with Crippen molar-refractivity contribution in [3.05, 3.63) is 132 Å². The van der Waals surface area contributed by atoms with E-state index < -0.39 is 0 Å². The van der Waals surface area contributed by atoms with E-state index >= 15 is 0 Å². The van der Waals surface area contributed by atoms with E-state index in [0.29, 0.717) is 5.82 Å². The third kappa shape index (κ3) is 3.37. The molecule has 0 fully saturated rings. The van der Waals surface area contributed by atoms with Crippen LogP contribution in [-0.4, -0.2) is 9.97 Å². The van der Waals surface area contributed by atoms with Crippen molar-refractivity contribution >= 4 is 54.8 Å². The Morgan fingerprint density at radius 1 is 0.489 bits per heavy atom. The molecule has 9 aromatic rings. The standard InChI is InChI=1S/C41H26N2O2/c1-41(2)31-14-6-3-10-24(31)28-21-30-37(22-32(28)41)45-36-17-9-13-27(38(30)36)40-42-33-15-7-4-12-26(33)39(43-40)23-18-19-35-29(20-23)25-11-5-8-16-34(25)44-35/h3-22H,1-2H3. The maximum atomic E-state index is 6.55. The summed E-state index contributed by atoms with van der Waals surface area (Å²) in [5, 5.41) is 5.30. The normalized spacial score (nSPS) is 13.7. The third-order valence-electron chi connectivity index (χ3n) is 9.69. The molecule has 4 heteroatoms. The van der Waals surface area contributed by atoms with Crippen LogP contribution < -0.4 is 0 Å². The minimum Gasteiger partial charge on any atom is -0.456 e. The van der Waals surface area contributed by atoms with E-state index in [-0.39, 0.29) is 5.41 Å². The summed E-state index contributed by atoms with van der Waals surface area (Å²) >= 11 is 0. The van der Waals surface area contributed by atoms with Crippen LogP contribution in [0.5, 0.6) is 0 Å². The minimum absolute atomic E-state index is 0.0975. The average molecular weight is 579 g/mol. The van der Waals surface area contributed by atoms with Crippen molar-refractivity contribution < 1.29 is 8.83 Å². The highest BCUT2D eigenvalue weighted by Crippen LogP contribution is 2.51. The fourth-order valence-corrected chi connectivity index (χ4v) is 7.50. The lowest BCUT2D eigenvalue weighted by molar-refractivity contribution is 0.647. The molecule has 0 amide bonds. The SMILES string of the molecule is CC1(C)c2ccccc2-c2cc3c(cc21)oc1cccc(-c2nc(-c4ccc5oc6ccccc6c5c4)c4ccccc4n2)c13. The second-order valence-corrected chi connectivity index (χ2v) is 12.6. The summed E-state index contributed by atoms with van der Waals surface area (Å²) < 4.78 is 12.7. The number of aromatic nitrogens is 2. The van der Waals surface area contributed by atoms with E-state index in [1.54, 1.807) is 0 Å². The number of fused-ring (bicyclic) bond motifs is 10. The van der Waals surface area contributed by atoms with Gasteiger partial charge in [-0.2, -0.15) is 0 Å². The molecule has 6 aromatic carbocycles. The summed E-state index contributed by atoms with van der Waals surface area (Å²) in [7, 11) is 0. The van der Waals surface area contributed by atoms with Gasteiger partial charge in [0.2, 0.25) is 0 Å². The summed E-state index contributed by atoms with van der Waals surface area (Å²) in [6, 6.07) is 42.2. The Balaban J connectivity index is 1.23. The Morgan fingerprint density at radius 3 is 2.16 bits per heavy atom. The van der Waals surface area contributed by atoms with Crippen LogP contribution in [0.3, 0.4) is 0 Å². The monoisotopic (exact) mass is 578 g/mol. The smallest absolute Gasteiger partial charge is 0.161 e. The molecule has 0 bridgehead atoms. The van der Waals surface area contributed by atoms with Gasteiger partial charge in [-0.1, -0.05) is 86.6 Å². The van der Waals surface area contributed by atoms with Crippen molar-refractivity contribution in [3.8, 4) is 33.8 Å². The maximum Gasteiger partial charge on any atom is 0.161 e. The van der Waals surface area contributed by atoms with Gasteiger partial charge < -0.3 is 8.83 Å². The second-order valence-electron chi connectivity index (χ2n) is 12.6. The van der Waals surface area contributed by atoms with Gasteiger partial charge in [-0.25, -0.2) is 9.97 Å². The lowest BCUT2D eigenvalue weighted by Crippen LogP contribution is -2.14. The summed E-state index contributed by atoms with van der Waals surface area (Å²) in [6.07, 6.45) is 0. The van der Waals surface area contributed by atoms with Crippen LogP contribution in [0.1, 0.15) is 25.0 Å². The molecule has 4 nitrogen and oxygen atoms in total. The first-order valence-electron chi connectivity index (χ1n) is 15.3. The van der Waals surface area contributed by atoms with Crippen molar-refractivity contribution in [1.29, 1.82) is 0 Å². The molecule has 0 saturated heterocycles. The predicted octanol–water partition coefficient (Wildman–Crippen LogP) is 11.1. The highest BCUT2D eigenvalue weighted by molar-refractivity contribution is 6.14. The van der Waals surface area contributed by atoms with E-state index in [0.717, 1.165) is 71.6 Å². The van der Waals surface area contributed by atoms with Gasteiger partial charge in [0.15, 0.2) is 5.82 Å². The van der Waals surface area contributed by atoms with Crippen LogP contribution in [0.25, 0.3) is 88.6 Å². The van der Waals surface area contributed by atoms with E-state index in [4.69, 9.17) is 18.8 Å². The van der Waals surface area contributed by atoms with Gasteiger partial charge in [0.05, 0.1) is 11.2 Å². The molecule has 0 aliphatic heterocycles. The first kappa shape index (κ1) is 24.7. The molecule has 0 atom stereocenters. The third-order valence-corrected chi connectivity index (χ3v) is 9.69. The number of furan rings is 2. The quantitative estimate of drug-likeness (QED) is 0.205. The molecule has 0 saturated carbocycles. The lowest BCUT2D eigenvalue weighted by atomic mass is 9.82. The Labute approximate surface area is 258 Å². The summed E-state index contributed by atoms with van der Waals surface area (Å²) in [5.74, 6) is 0.676. The molecule has 0 N–H and O–H groups in total. The fourth-order valence-electron chi connectivity index (χ4n) is 7.50. The highest BCUT2D eigenvalue weighted by Gasteiger charge is 2.36. The van der Waals surface area contributed by atoms with E-state index in [1.165, 1.54) is 22.3 Å². The number of benzene rings is 6.